The van der Waals surface area contributed by atoms with Crippen molar-refractivity contribution in [2.24, 2.45) is 5.18 Å². The quantitative estimate of drug-likeness (QED) is 0.726. The Balaban J connectivity index is 2.87. The van der Waals surface area contributed by atoms with E-state index < -0.39 is 6.10 Å². The van der Waals surface area contributed by atoms with E-state index in [0.717, 1.165) is 13.1 Å². The Bertz CT molecular complexity index is 363. The average Bonchev–Trinajstić information content (AvgIpc) is 2.44. The summed E-state index contributed by atoms with van der Waals surface area (Å²) in [5, 5.41) is 22.5. The van der Waals surface area contributed by atoms with Crippen LogP contribution < -0.4 is 0 Å². The molecule has 2 atom stereocenters. The molecule has 0 unspecified atom stereocenters. The number of likely N-dealkylation sites (N-methyl/N-ethyl adjacent to an activating group) is 1. The van der Waals surface area contributed by atoms with Crippen molar-refractivity contribution < 1.29 is 10.2 Å². The van der Waals surface area contributed by atoms with Crippen molar-refractivity contribution in [3.8, 4) is 0 Å². The highest BCUT2D eigenvalue weighted by Gasteiger charge is 2.24. The molecule has 0 aliphatic carbocycles. The van der Waals surface area contributed by atoms with Crippen LogP contribution in [0.2, 0.25) is 0 Å². The molecule has 1 rings (SSSR count). The van der Waals surface area contributed by atoms with Crippen molar-refractivity contribution in [2.45, 2.75) is 26.0 Å². The lowest BCUT2D eigenvalue weighted by atomic mass is 10.0. The number of rotatable bonds is 7. The highest BCUT2D eigenvalue weighted by atomic mass is 16.3. The van der Waals surface area contributed by atoms with Crippen molar-refractivity contribution >= 4 is 5.69 Å². The van der Waals surface area contributed by atoms with E-state index in [9.17, 15) is 15.1 Å². The van der Waals surface area contributed by atoms with E-state index in [1.54, 1.807) is 24.3 Å². The van der Waals surface area contributed by atoms with Gasteiger partial charge >= 0.3 is 0 Å². The second kappa shape index (κ2) is 7.20. The van der Waals surface area contributed by atoms with Crippen LogP contribution in [0.1, 0.15) is 25.5 Å². The molecule has 1 aromatic rings. The fourth-order valence-corrected chi connectivity index (χ4v) is 2.06. The molecule has 1 aromatic carbocycles. The smallest absolute Gasteiger partial charge is 0.108 e. The molecule has 18 heavy (non-hydrogen) atoms. The molecule has 0 aliphatic heterocycles. The molecular weight excluding hydrogens is 232 g/mol. The maximum atomic E-state index is 10.3. The Hall–Kier alpha value is -1.30. The lowest BCUT2D eigenvalue weighted by molar-refractivity contribution is 0.0194. The predicted molar refractivity (Wildman–Crippen MR) is 70.7 cm³/mol. The third-order valence-corrected chi connectivity index (χ3v) is 3.17. The Morgan fingerprint density at radius 2 is 1.78 bits per heavy atom. The van der Waals surface area contributed by atoms with Crippen molar-refractivity contribution in [3.05, 3.63) is 34.7 Å². The van der Waals surface area contributed by atoms with Gasteiger partial charge in [0.15, 0.2) is 0 Å². The molecule has 100 valence electrons. The summed E-state index contributed by atoms with van der Waals surface area (Å²) in [5.74, 6) is 0. The summed E-state index contributed by atoms with van der Waals surface area (Å²) in [4.78, 5) is 12.3. The Kier molecular flexibility index (Phi) is 5.91. The summed E-state index contributed by atoms with van der Waals surface area (Å²) >= 11 is 0. The van der Waals surface area contributed by atoms with Gasteiger partial charge in [0.2, 0.25) is 0 Å². The normalized spacial score (nSPS) is 14.5. The molecule has 0 amide bonds. The zero-order chi connectivity index (χ0) is 13.5. The van der Waals surface area contributed by atoms with Crippen molar-refractivity contribution in [2.75, 3.05) is 19.7 Å². The minimum Gasteiger partial charge on any atom is -0.395 e. The van der Waals surface area contributed by atoms with Gasteiger partial charge < -0.3 is 10.2 Å². The van der Waals surface area contributed by atoms with Gasteiger partial charge in [-0.15, -0.1) is 4.91 Å². The largest absolute Gasteiger partial charge is 0.395 e. The zero-order valence-electron chi connectivity index (χ0n) is 10.8. The number of aliphatic hydroxyl groups excluding tert-OH is 2. The van der Waals surface area contributed by atoms with Crippen molar-refractivity contribution in [3.63, 3.8) is 0 Å². The van der Waals surface area contributed by atoms with Crippen LogP contribution in [0.3, 0.4) is 0 Å². The van der Waals surface area contributed by atoms with E-state index in [1.165, 1.54) is 0 Å². The van der Waals surface area contributed by atoms with Crippen LogP contribution in [-0.4, -0.2) is 40.9 Å². The monoisotopic (exact) mass is 252 g/mol. The molecule has 0 spiro atoms. The third-order valence-electron chi connectivity index (χ3n) is 3.17. The zero-order valence-corrected chi connectivity index (χ0v) is 10.8. The number of hydrogen-bond acceptors (Lipinski definition) is 5. The number of hydrogen-bond donors (Lipinski definition) is 2. The summed E-state index contributed by atoms with van der Waals surface area (Å²) in [6.07, 6.45) is -0.782. The SMILES string of the molecule is CCN(CC)[C@H](CO)[C@@H](O)c1ccc(N=O)cc1. The first-order valence-electron chi connectivity index (χ1n) is 6.14. The first kappa shape index (κ1) is 14.8. The maximum absolute atomic E-state index is 10.3. The van der Waals surface area contributed by atoms with Crippen LogP contribution in [0.4, 0.5) is 5.69 Å². The van der Waals surface area contributed by atoms with Gasteiger partial charge in [0.1, 0.15) is 5.69 Å². The first-order valence-corrected chi connectivity index (χ1v) is 6.14. The van der Waals surface area contributed by atoms with Crippen LogP contribution in [0.5, 0.6) is 0 Å². The van der Waals surface area contributed by atoms with E-state index in [4.69, 9.17) is 0 Å². The van der Waals surface area contributed by atoms with Crippen LogP contribution in [-0.2, 0) is 0 Å². The van der Waals surface area contributed by atoms with E-state index in [1.807, 2.05) is 18.7 Å². The van der Waals surface area contributed by atoms with Crippen LogP contribution in [0.25, 0.3) is 0 Å². The van der Waals surface area contributed by atoms with E-state index >= 15 is 0 Å². The molecule has 2 N–H and O–H groups in total. The molecule has 0 radical (unpaired) electrons. The Morgan fingerprint density at radius 3 is 2.17 bits per heavy atom. The highest BCUT2D eigenvalue weighted by Crippen LogP contribution is 2.23. The second-order valence-corrected chi connectivity index (χ2v) is 4.10. The summed E-state index contributed by atoms with van der Waals surface area (Å²) in [6, 6.07) is 6.10. The van der Waals surface area contributed by atoms with Gasteiger partial charge in [-0.25, -0.2) is 0 Å². The predicted octanol–water partition coefficient (Wildman–Crippen LogP) is 1.82. The van der Waals surface area contributed by atoms with Crippen LogP contribution in [0, 0.1) is 4.91 Å². The summed E-state index contributed by atoms with van der Waals surface area (Å²) in [6.45, 7) is 5.37. The summed E-state index contributed by atoms with van der Waals surface area (Å²) in [7, 11) is 0. The van der Waals surface area contributed by atoms with Crippen LogP contribution >= 0.6 is 0 Å². The number of nitroso groups, excluding NO2 is 1. The van der Waals surface area contributed by atoms with Gasteiger partial charge in [0.25, 0.3) is 0 Å². The molecule has 0 saturated heterocycles. The number of nitrogens with zero attached hydrogens (tertiary/aromatic N) is 2. The molecule has 0 heterocycles. The van der Waals surface area contributed by atoms with Gasteiger partial charge in [-0.05, 0) is 36.0 Å². The fourth-order valence-electron chi connectivity index (χ4n) is 2.06. The lowest BCUT2D eigenvalue weighted by Gasteiger charge is -2.32. The van der Waals surface area contributed by atoms with Gasteiger partial charge in [-0.2, -0.15) is 0 Å². The Labute approximate surface area is 107 Å². The van der Waals surface area contributed by atoms with Gasteiger partial charge in [-0.1, -0.05) is 26.0 Å². The van der Waals surface area contributed by atoms with Gasteiger partial charge in [-0.3, -0.25) is 4.90 Å². The fraction of sp³-hybridized carbons (Fsp3) is 0.538. The summed E-state index contributed by atoms with van der Waals surface area (Å²) < 4.78 is 0. The summed E-state index contributed by atoms with van der Waals surface area (Å²) in [5.41, 5.74) is 1.00. The lowest BCUT2D eigenvalue weighted by Crippen LogP contribution is -2.42. The topological polar surface area (TPSA) is 73.1 Å². The van der Waals surface area contributed by atoms with E-state index in [0.29, 0.717) is 11.3 Å². The van der Waals surface area contributed by atoms with Gasteiger partial charge in [0.05, 0.1) is 18.8 Å². The Morgan fingerprint density at radius 1 is 1.22 bits per heavy atom. The second-order valence-electron chi connectivity index (χ2n) is 4.10. The average molecular weight is 252 g/mol. The minimum absolute atomic E-state index is 0.115. The maximum Gasteiger partial charge on any atom is 0.108 e. The first-order chi connectivity index (χ1) is 8.67. The molecule has 0 aromatic heterocycles. The molecule has 0 fully saturated rings. The highest BCUT2D eigenvalue weighted by molar-refractivity contribution is 5.39. The molecule has 0 aliphatic rings. The van der Waals surface area contributed by atoms with Crippen molar-refractivity contribution in [1.82, 2.24) is 4.90 Å². The van der Waals surface area contributed by atoms with Gasteiger partial charge in [0, 0.05) is 0 Å². The van der Waals surface area contributed by atoms with Crippen LogP contribution in [0.15, 0.2) is 29.4 Å². The van der Waals surface area contributed by atoms with Crippen molar-refractivity contribution in [1.29, 1.82) is 0 Å². The molecule has 0 saturated carbocycles. The van der Waals surface area contributed by atoms with E-state index in [2.05, 4.69) is 5.18 Å². The molecule has 0 bridgehead atoms. The minimum atomic E-state index is -0.782. The molecule has 5 nitrogen and oxygen atoms in total. The number of aliphatic hydroxyl groups is 2. The standard InChI is InChI=1S/C13H20N2O3/c1-3-15(4-2)12(9-16)13(17)10-5-7-11(14-18)8-6-10/h5-8,12-13,16-17H,3-4,9H2,1-2H3/t12-,13+/m1/s1. The molecular formula is C13H20N2O3. The molecule has 5 heteroatoms. The van der Waals surface area contributed by atoms with E-state index in [-0.39, 0.29) is 12.6 Å². The number of benzene rings is 1. The third kappa shape index (κ3) is 3.35.